The van der Waals surface area contributed by atoms with Crippen molar-refractivity contribution in [1.82, 2.24) is 0 Å². The van der Waals surface area contributed by atoms with Crippen LogP contribution < -0.4 is 10.6 Å². The van der Waals surface area contributed by atoms with E-state index in [4.69, 9.17) is 0 Å². The lowest BCUT2D eigenvalue weighted by atomic mass is 10.1. The van der Waals surface area contributed by atoms with Crippen molar-refractivity contribution < 1.29 is 9.59 Å². The number of benzene rings is 3. The Hall–Kier alpha value is -2.92. The lowest BCUT2D eigenvalue weighted by molar-refractivity contribution is 0.101. The third-order valence-corrected chi connectivity index (χ3v) is 5.38. The van der Waals surface area contributed by atoms with Gasteiger partial charge >= 0.3 is 0 Å². The summed E-state index contributed by atoms with van der Waals surface area (Å²) in [6.45, 7) is 4.15. The van der Waals surface area contributed by atoms with E-state index in [9.17, 15) is 9.59 Å². The Morgan fingerprint density at radius 1 is 0.724 bits per heavy atom. The van der Waals surface area contributed by atoms with E-state index in [0.717, 1.165) is 12.8 Å². The smallest absolute Gasteiger partial charge is 0.255 e. The van der Waals surface area contributed by atoms with Gasteiger partial charge in [-0.3, -0.25) is 9.59 Å². The molecular formula is C24H23BrN2O2. The highest BCUT2D eigenvalue weighted by Crippen LogP contribution is 2.27. The fraction of sp³-hybridized carbons (Fsp3) is 0.167. The van der Waals surface area contributed by atoms with E-state index in [2.05, 4.69) is 40.4 Å². The van der Waals surface area contributed by atoms with Crippen molar-refractivity contribution in [3.63, 3.8) is 0 Å². The average molecular weight is 451 g/mol. The summed E-state index contributed by atoms with van der Waals surface area (Å²) in [6, 6.07) is 20.4. The van der Waals surface area contributed by atoms with Crippen LogP contribution in [-0.4, -0.2) is 11.8 Å². The standard InChI is InChI=1S/C24H23BrN2O2/c1-3-16-5-9-18(10-6-16)23(28)26-20-13-14-22(21(25)15-20)27-24(29)19-11-7-17(4-2)8-12-19/h5-15H,3-4H2,1-2H3,(H,26,28)(H,27,29). The van der Waals surface area contributed by atoms with Gasteiger partial charge in [0.2, 0.25) is 0 Å². The normalized spacial score (nSPS) is 10.4. The van der Waals surface area contributed by atoms with Crippen molar-refractivity contribution in [2.75, 3.05) is 10.6 Å². The van der Waals surface area contributed by atoms with Crippen molar-refractivity contribution in [3.05, 3.63) is 93.5 Å². The number of halogens is 1. The van der Waals surface area contributed by atoms with Crippen LogP contribution in [0.5, 0.6) is 0 Å². The van der Waals surface area contributed by atoms with Gasteiger partial charge in [0.25, 0.3) is 11.8 Å². The summed E-state index contributed by atoms with van der Waals surface area (Å²) in [4.78, 5) is 24.9. The highest BCUT2D eigenvalue weighted by atomic mass is 79.9. The molecule has 2 amide bonds. The molecule has 0 radical (unpaired) electrons. The maximum absolute atomic E-state index is 12.5. The van der Waals surface area contributed by atoms with Crippen LogP contribution in [0.1, 0.15) is 45.7 Å². The number of hydrogen-bond donors (Lipinski definition) is 2. The summed E-state index contributed by atoms with van der Waals surface area (Å²) in [5.74, 6) is -0.353. The molecule has 0 aliphatic rings. The van der Waals surface area contributed by atoms with E-state index >= 15 is 0 Å². The van der Waals surface area contributed by atoms with Crippen molar-refractivity contribution in [2.24, 2.45) is 0 Å². The number of anilines is 2. The molecule has 3 aromatic rings. The predicted octanol–water partition coefficient (Wildman–Crippen LogP) is 6.08. The van der Waals surface area contributed by atoms with Crippen molar-refractivity contribution in [1.29, 1.82) is 0 Å². The molecule has 3 rings (SSSR count). The lowest BCUT2D eigenvalue weighted by Gasteiger charge is -2.11. The molecule has 0 atom stereocenters. The molecule has 29 heavy (non-hydrogen) atoms. The molecule has 0 saturated heterocycles. The van der Waals surface area contributed by atoms with E-state index in [0.29, 0.717) is 27.0 Å². The zero-order chi connectivity index (χ0) is 20.8. The van der Waals surface area contributed by atoms with E-state index in [1.807, 2.05) is 48.5 Å². The quantitative estimate of drug-likeness (QED) is 0.477. The summed E-state index contributed by atoms with van der Waals surface area (Å²) < 4.78 is 0.690. The van der Waals surface area contributed by atoms with E-state index in [1.165, 1.54) is 11.1 Å². The molecule has 0 spiro atoms. The Labute approximate surface area is 179 Å². The van der Waals surface area contributed by atoms with Gasteiger partial charge in [0, 0.05) is 21.3 Å². The summed E-state index contributed by atoms with van der Waals surface area (Å²) in [6.07, 6.45) is 1.87. The van der Waals surface area contributed by atoms with Crippen LogP contribution in [0.3, 0.4) is 0 Å². The number of hydrogen-bond acceptors (Lipinski definition) is 2. The topological polar surface area (TPSA) is 58.2 Å². The summed E-state index contributed by atoms with van der Waals surface area (Å²) in [7, 11) is 0. The minimum atomic E-state index is -0.179. The number of rotatable bonds is 6. The van der Waals surface area contributed by atoms with Crippen LogP contribution in [0.15, 0.2) is 71.2 Å². The van der Waals surface area contributed by atoms with Gasteiger partial charge in [-0.1, -0.05) is 38.1 Å². The number of amides is 2. The summed E-state index contributed by atoms with van der Waals surface area (Å²) in [5.41, 5.74) is 4.86. The van der Waals surface area contributed by atoms with Crippen LogP contribution in [0, 0.1) is 0 Å². The van der Waals surface area contributed by atoms with Gasteiger partial charge in [-0.2, -0.15) is 0 Å². The Balaban J connectivity index is 1.67. The maximum atomic E-state index is 12.5. The summed E-state index contributed by atoms with van der Waals surface area (Å²) >= 11 is 3.47. The van der Waals surface area contributed by atoms with E-state index in [-0.39, 0.29) is 11.8 Å². The van der Waals surface area contributed by atoms with Crippen LogP contribution >= 0.6 is 15.9 Å². The molecule has 3 aromatic carbocycles. The SMILES string of the molecule is CCc1ccc(C(=O)Nc2ccc(NC(=O)c3ccc(CC)cc3)c(Br)c2)cc1. The van der Waals surface area contributed by atoms with Crippen molar-refractivity contribution >= 4 is 39.1 Å². The number of aryl methyl sites for hydroxylation is 2. The highest BCUT2D eigenvalue weighted by molar-refractivity contribution is 9.10. The fourth-order valence-electron chi connectivity index (χ4n) is 2.88. The first-order chi connectivity index (χ1) is 14.0. The highest BCUT2D eigenvalue weighted by Gasteiger charge is 2.11. The zero-order valence-corrected chi connectivity index (χ0v) is 18.0. The second kappa shape index (κ2) is 9.52. The van der Waals surface area contributed by atoms with E-state index < -0.39 is 0 Å². The molecule has 0 saturated carbocycles. The van der Waals surface area contributed by atoms with Gasteiger partial charge in [-0.25, -0.2) is 0 Å². The van der Waals surface area contributed by atoms with Crippen molar-refractivity contribution in [3.8, 4) is 0 Å². The monoisotopic (exact) mass is 450 g/mol. The van der Waals surface area contributed by atoms with Crippen LogP contribution in [0.4, 0.5) is 11.4 Å². The third kappa shape index (κ3) is 5.33. The first kappa shape index (κ1) is 20.8. The Kier molecular flexibility index (Phi) is 6.83. The molecule has 0 aromatic heterocycles. The van der Waals surface area contributed by atoms with Gasteiger partial charge < -0.3 is 10.6 Å². The minimum absolute atomic E-state index is 0.174. The van der Waals surface area contributed by atoms with Gasteiger partial charge in [-0.05, 0) is 82.4 Å². The van der Waals surface area contributed by atoms with Crippen LogP contribution in [-0.2, 0) is 12.8 Å². The van der Waals surface area contributed by atoms with E-state index in [1.54, 1.807) is 18.2 Å². The number of carbonyl (C=O) groups is 2. The maximum Gasteiger partial charge on any atom is 0.255 e. The van der Waals surface area contributed by atoms with Crippen molar-refractivity contribution in [2.45, 2.75) is 26.7 Å². The predicted molar refractivity (Wildman–Crippen MR) is 122 cm³/mol. The molecule has 0 bridgehead atoms. The Morgan fingerprint density at radius 3 is 1.66 bits per heavy atom. The van der Waals surface area contributed by atoms with Gasteiger partial charge in [0.15, 0.2) is 0 Å². The lowest BCUT2D eigenvalue weighted by Crippen LogP contribution is -2.14. The van der Waals surface area contributed by atoms with Gasteiger partial charge in [-0.15, -0.1) is 0 Å². The molecule has 0 fully saturated rings. The molecule has 148 valence electrons. The Bertz CT molecular complexity index is 1010. The molecule has 0 aliphatic carbocycles. The molecule has 0 aliphatic heterocycles. The van der Waals surface area contributed by atoms with Gasteiger partial charge in [0.05, 0.1) is 5.69 Å². The first-order valence-corrected chi connectivity index (χ1v) is 10.4. The van der Waals surface area contributed by atoms with Crippen LogP contribution in [0.25, 0.3) is 0 Å². The first-order valence-electron chi connectivity index (χ1n) is 9.60. The van der Waals surface area contributed by atoms with Crippen LogP contribution in [0.2, 0.25) is 0 Å². The largest absolute Gasteiger partial charge is 0.322 e. The molecule has 5 heteroatoms. The zero-order valence-electron chi connectivity index (χ0n) is 16.5. The third-order valence-electron chi connectivity index (χ3n) is 4.72. The Morgan fingerprint density at radius 2 is 1.21 bits per heavy atom. The molecule has 0 unspecified atom stereocenters. The molecule has 4 nitrogen and oxygen atoms in total. The minimum Gasteiger partial charge on any atom is -0.322 e. The molecule has 2 N–H and O–H groups in total. The molecular weight excluding hydrogens is 428 g/mol. The number of carbonyl (C=O) groups excluding carboxylic acids is 2. The number of nitrogens with one attached hydrogen (secondary N) is 2. The average Bonchev–Trinajstić information content (AvgIpc) is 2.75. The van der Waals surface area contributed by atoms with Gasteiger partial charge in [0.1, 0.15) is 0 Å². The fourth-order valence-corrected chi connectivity index (χ4v) is 3.35. The molecule has 0 heterocycles. The summed E-state index contributed by atoms with van der Waals surface area (Å²) in [5, 5.41) is 5.77. The second-order valence-corrected chi connectivity index (χ2v) is 7.56. The second-order valence-electron chi connectivity index (χ2n) is 6.70.